The number of amides is 2. The maximum atomic E-state index is 12.0. The van der Waals surface area contributed by atoms with Gasteiger partial charge in [-0.15, -0.1) is 0 Å². The molecule has 2 atom stereocenters. The van der Waals surface area contributed by atoms with Crippen molar-refractivity contribution in [1.82, 2.24) is 10.6 Å². The molecule has 8 nitrogen and oxygen atoms in total. The van der Waals surface area contributed by atoms with Gasteiger partial charge in [-0.05, 0) is 33.6 Å². The van der Waals surface area contributed by atoms with Crippen molar-refractivity contribution in [2.24, 2.45) is 0 Å². The van der Waals surface area contributed by atoms with Gasteiger partial charge in [0.1, 0.15) is 17.7 Å². The molecule has 0 spiro atoms. The molecule has 0 saturated carbocycles. The van der Waals surface area contributed by atoms with Crippen molar-refractivity contribution in [3.05, 3.63) is 0 Å². The Bertz CT molecular complexity index is 483. The summed E-state index contributed by atoms with van der Waals surface area (Å²) in [6, 6.07) is -1.62. The first-order valence-corrected chi connectivity index (χ1v) is 7.52. The number of hydrogen-bond acceptors (Lipinski definition) is 6. The summed E-state index contributed by atoms with van der Waals surface area (Å²) < 4.78 is 9.80. The third kappa shape index (κ3) is 6.66. The van der Waals surface area contributed by atoms with Crippen molar-refractivity contribution in [2.45, 2.75) is 64.1 Å². The first kappa shape index (κ1) is 18.9. The standard InChI is InChI=1S/C15H24N2O6/c1-15(2,3)23-12(19)8-6-10(14(21)22-4)17-13(20)9-5-7-11(18)16-9/h9-10H,5-8H2,1-4H3,(H,16,18)(H,17,20)/t9-,10-/m0/s1. The van der Waals surface area contributed by atoms with E-state index in [-0.39, 0.29) is 25.2 Å². The van der Waals surface area contributed by atoms with E-state index in [1.54, 1.807) is 20.8 Å². The third-order valence-corrected chi connectivity index (χ3v) is 3.17. The molecule has 1 saturated heterocycles. The van der Waals surface area contributed by atoms with E-state index in [0.717, 1.165) is 0 Å². The lowest BCUT2D eigenvalue weighted by Crippen LogP contribution is -2.49. The van der Waals surface area contributed by atoms with Gasteiger partial charge in [0, 0.05) is 12.8 Å². The summed E-state index contributed by atoms with van der Waals surface area (Å²) in [6.07, 6.45) is 0.686. The number of esters is 2. The number of ether oxygens (including phenoxy) is 2. The zero-order chi connectivity index (χ0) is 17.6. The lowest BCUT2D eigenvalue weighted by Gasteiger charge is -2.21. The second kappa shape index (κ2) is 7.94. The van der Waals surface area contributed by atoms with Gasteiger partial charge in [0.2, 0.25) is 11.8 Å². The van der Waals surface area contributed by atoms with Crippen LogP contribution >= 0.6 is 0 Å². The van der Waals surface area contributed by atoms with E-state index in [2.05, 4.69) is 15.4 Å². The van der Waals surface area contributed by atoms with Gasteiger partial charge in [-0.2, -0.15) is 0 Å². The average molecular weight is 328 g/mol. The van der Waals surface area contributed by atoms with Gasteiger partial charge in [0.25, 0.3) is 0 Å². The fraction of sp³-hybridized carbons (Fsp3) is 0.733. The summed E-state index contributed by atoms with van der Waals surface area (Å²) in [5.74, 6) is -1.77. The number of hydrogen-bond donors (Lipinski definition) is 2. The van der Waals surface area contributed by atoms with E-state index < -0.39 is 35.5 Å². The van der Waals surface area contributed by atoms with E-state index in [1.807, 2.05) is 0 Å². The minimum absolute atomic E-state index is 0.0334. The normalized spacial score (nSPS) is 18.8. The van der Waals surface area contributed by atoms with Crippen LogP contribution in [0.2, 0.25) is 0 Å². The molecule has 23 heavy (non-hydrogen) atoms. The molecule has 0 aromatic rings. The van der Waals surface area contributed by atoms with Crippen LogP contribution in [0.3, 0.4) is 0 Å². The fourth-order valence-corrected chi connectivity index (χ4v) is 2.13. The summed E-state index contributed by atoms with van der Waals surface area (Å²) in [4.78, 5) is 46.6. The molecule has 1 heterocycles. The quantitative estimate of drug-likeness (QED) is 0.666. The molecule has 130 valence electrons. The Morgan fingerprint density at radius 2 is 2.00 bits per heavy atom. The molecule has 2 N–H and O–H groups in total. The number of methoxy groups -OCH3 is 1. The van der Waals surface area contributed by atoms with Gasteiger partial charge >= 0.3 is 11.9 Å². The van der Waals surface area contributed by atoms with E-state index in [0.29, 0.717) is 6.42 Å². The Kier molecular flexibility index (Phi) is 6.53. The zero-order valence-corrected chi connectivity index (χ0v) is 13.9. The minimum Gasteiger partial charge on any atom is -0.467 e. The summed E-state index contributed by atoms with van der Waals surface area (Å²) in [5, 5.41) is 5.03. The topological polar surface area (TPSA) is 111 Å². The van der Waals surface area contributed by atoms with E-state index >= 15 is 0 Å². The minimum atomic E-state index is -0.961. The molecule has 0 unspecified atom stereocenters. The number of nitrogens with one attached hydrogen (secondary N) is 2. The second-order valence-corrected chi connectivity index (χ2v) is 6.37. The smallest absolute Gasteiger partial charge is 0.328 e. The molecule has 0 radical (unpaired) electrons. The van der Waals surface area contributed by atoms with Crippen LogP contribution in [0.25, 0.3) is 0 Å². The lowest BCUT2D eigenvalue weighted by atomic mass is 10.1. The van der Waals surface area contributed by atoms with Crippen molar-refractivity contribution >= 4 is 23.8 Å². The zero-order valence-electron chi connectivity index (χ0n) is 13.9. The monoisotopic (exact) mass is 328 g/mol. The molecule has 2 amide bonds. The van der Waals surface area contributed by atoms with Crippen LogP contribution in [-0.4, -0.2) is 48.5 Å². The molecule has 0 bridgehead atoms. The van der Waals surface area contributed by atoms with Crippen LogP contribution in [0, 0.1) is 0 Å². The molecule has 1 rings (SSSR count). The molecular weight excluding hydrogens is 304 g/mol. The van der Waals surface area contributed by atoms with Crippen LogP contribution in [0.15, 0.2) is 0 Å². The molecule has 0 aromatic heterocycles. The van der Waals surface area contributed by atoms with E-state index in [9.17, 15) is 19.2 Å². The van der Waals surface area contributed by atoms with Gasteiger partial charge in [-0.3, -0.25) is 14.4 Å². The number of carbonyl (C=O) groups is 4. The van der Waals surface area contributed by atoms with Crippen molar-refractivity contribution in [3.8, 4) is 0 Å². The molecular formula is C15H24N2O6. The van der Waals surface area contributed by atoms with Crippen LogP contribution in [0.5, 0.6) is 0 Å². The van der Waals surface area contributed by atoms with Crippen molar-refractivity contribution in [2.75, 3.05) is 7.11 Å². The molecule has 8 heteroatoms. The Balaban J connectivity index is 2.56. The molecule has 0 aliphatic carbocycles. The first-order chi connectivity index (χ1) is 10.6. The average Bonchev–Trinajstić information content (AvgIpc) is 2.87. The Morgan fingerprint density at radius 1 is 1.35 bits per heavy atom. The predicted octanol–water partition coefficient (Wildman–Crippen LogP) is 0.0447. The van der Waals surface area contributed by atoms with Crippen molar-refractivity contribution in [3.63, 3.8) is 0 Å². The molecule has 1 aliphatic heterocycles. The summed E-state index contributed by atoms with van der Waals surface area (Å²) in [7, 11) is 1.20. The van der Waals surface area contributed by atoms with Gasteiger partial charge in [-0.25, -0.2) is 4.79 Å². The van der Waals surface area contributed by atoms with Gasteiger partial charge in [0.05, 0.1) is 7.11 Å². The maximum absolute atomic E-state index is 12.0. The first-order valence-electron chi connectivity index (χ1n) is 7.52. The molecule has 1 aliphatic rings. The Hall–Kier alpha value is -2.12. The molecule has 0 aromatic carbocycles. The SMILES string of the molecule is COC(=O)[C@H](CCC(=O)OC(C)(C)C)NC(=O)[C@@H]1CCC(=O)N1. The van der Waals surface area contributed by atoms with E-state index in [4.69, 9.17) is 4.74 Å². The van der Waals surface area contributed by atoms with Gasteiger partial charge in [0.15, 0.2) is 0 Å². The number of carbonyl (C=O) groups excluding carboxylic acids is 4. The fourth-order valence-electron chi connectivity index (χ4n) is 2.13. The summed E-state index contributed by atoms with van der Waals surface area (Å²) in [5.41, 5.74) is -0.616. The van der Waals surface area contributed by atoms with Crippen molar-refractivity contribution in [1.29, 1.82) is 0 Å². The predicted molar refractivity (Wildman–Crippen MR) is 80.2 cm³/mol. The Labute approximate surface area is 135 Å². The van der Waals surface area contributed by atoms with Gasteiger partial charge < -0.3 is 20.1 Å². The van der Waals surface area contributed by atoms with Crippen LogP contribution in [0.4, 0.5) is 0 Å². The Morgan fingerprint density at radius 3 is 2.48 bits per heavy atom. The largest absolute Gasteiger partial charge is 0.467 e. The maximum Gasteiger partial charge on any atom is 0.328 e. The van der Waals surface area contributed by atoms with Crippen LogP contribution < -0.4 is 10.6 Å². The van der Waals surface area contributed by atoms with Crippen molar-refractivity contribution < 1.29 is 28.7 Å². The highest BCUT2D eigenvalue weighted by atomic mass is 16.6. The van der Waals surface area contributed by atoms with Gasteiger partial charge in [-0.1, -0.05) is 0 Å². The van der Waals surface area contributed by atoms with Crippen LogP contribution in [-0.2, 0) is 28.7 Å². The summed E-state index contributed by atoms with van der Waals surface area (Å²) >= 11 is 0. The van der Waals surface area contributed by atoms with Crippen LogP contribution in [0.1, 0.15) is 46.5 Å². The molecule has 1 fully saturated rings. The lowest BCUT2D eigenvalue weighted by molar-refractivity contribution is -0.155. The highest BCUT2D eigenvalue weighted by Crippen LogP contribution is 2.11. The highest BCUT2D eigenvalue weighted by molar-refractivity contribution is 5.93. The second-order valence-electron chi connectivity index (χ2n) is 6.37. The number of rotatable bonds is 6. The summed E-state index contributed by atoms with van der Waals surface area (Å²) in [6.45, 7) is 5.23. The van der Waals surface area contributed by atoms with E-state index in [1.165, 1.54) is 7.11 Å². The highest BCUT2D eigenvalue weighted by Gasteiger charge is 2.31. The third-order valence-electron chi connectivity index (χ3n) is 3.17.